The predicted molar refractivity (Wildman–Crippen MR) is 95.3 cm³/mol. The average Bonchev–Trinajstić information content (AvgIpc) is 2.63. The first-order chi connectivity index (χ1) is 12.3. The van der Waals surface area contributed by atoms with Crippen LogP contribution in [0, 0.1) is 25.7 Å². The first-order valence-corrected chi connectivity index (χ1v) is 8.51. The van der Waals surface area contributed by atoms with E-state index >= 15 is 0 Å². The lowest BCUT2D eigenvalue weighted by Crippen LogP contribution is -2.50. The number of aryl methyl sites for hydroxylation is 1. The first-order valence-electron chi connectivity index (χ1n) is 8.51. The van der Waals surface area contributed by atoms with E-state index in [1.165, 1.54) is 0 Å². The zero-order chi connectivity index (χ0) is 19.3. The second-order valence-electron chi connectivity index (χ2n) is 6.43. The number of carbonyl (C=O) groups is 3. The molecule has 0 radical (unpaired) electrons. The maximum absolute atomic E-state index is 12.2. The van der Waals surface area contributed by atoms with Gasteiger partial charge in [0.2, 0.25) is 5.91 Å². The van der Waals surface area contributed by atoms with Gasteiger partial charge in [0, 0.05) is 0 Å². The van der Waals surface area contributed by atoms with Crippen molar-refractivity contribution in [3.63, 3.8) is 0 Å². The van der Waals surface area contributed by atoms with Crippen LogP contribution in [0.15, 0.2) is 30.4 Å². The highest BCUT2D eigenvalue weighted by molar-refractivity contribution is 5.88. The normalized spacial score (nSPS) is 20.1. The number of hydrogen-bond donors (Lipinski definition) is 3. The van der Waals surface area contributed by atoms with Gasteiger partial charge in [-0.3, -0.25) is 25.2 Å². The van der Waals surface area contributed by atoms with Crippen LogP contribution < -0.4 is 15.6 Å². The fraction of sp³-hybridized carbons (Fsp3) is 0.421. The molecule has 0 aliphatic heterocycles. The third-order valence-electron chi connectivity index (χ3n) is 4.62. The number of carbonyl (C=O) groups excluding carboxylic acids is 2. The van der Waals surface area contributed by atoms with E-state index in [0.717, 1.165) is 11.1 Å². The number of amides is 2. The molecule has 0 unspecified atom stereocenters. The summed E-state index contributed by atoms with van der Waals surface area (Å²) in [6.45, 7) is 5.43. The summed E-state index contributed by atoms with van der Waals surface area (Å²) in [7, 11) is 0. The van der Waals surface area contributed by atoms with Gasteiger partial charge in [-0.1, -0.05) is 24.3 Å². The molecule has 140 valence electrons. The number of hydrogen-bond acceptors (Lipinski definition) is 4. The molecule has 0 fully saturated rings. The molecule has 0 aromatic heterocycles. The van der Waals surface area contributed by atoms with Crippen molar-refractivity contribution in [3.05, 3.63) is 41.5 Å². The predicted octanol–water partition coefficient (Wildman–Crippen LogP) is 1.89. The quantitative estimate of drug-likeness (QED) is 0.549. The summed E-state index contributed by atoms with van der Waals surface area (Å²) in [5.41, 5.74) is 6.62. The summed E-state index contributed by atoms with van der Waals surface area (Å²) in [6, 6.07) is 5.56. The molecule has 0 saturated heterocycles. The molecular weight excluding hydrogens is 336 g/mol. The fourth-order valence-electron chi connectivity index (χ4n) is 2.79. The van der Waals surface area contributed by atoms with Crippen molar-refractivity contribution in [1.29, 1.82) is 0 Å². The molecule has 26 heavy (non-hydrogen) atoms. The smallest absolute Gasteiger partial charge is 0.307 e. The van der Waals surface area contributed by atoms with Crippen LogP contribution in [0.4, 0.5) is 0 Å². The van der Waals surface area contributed by atoms with E-state index in [4.69, 9.17) is 4.74 Å². The molecule has 2 amide bonds. The molecule has 1 aromatic rings. The molecule has 3 atom stereocenters. The highest BCUT2D eigenvalue weighted by Gasteiger charge is 2.34. The largest absolute Gasteiger partial charge is 0.481 e. The lowest BCUT2D eigenvalue weighted by molar-refractivity contribution is -0.147. The third-order valence-corrected chi connectivity index (χ3v) is 4.62. The Hall–Kier alpha value is -2.83. The molecule has 2 rings (SSSR count). The number of rotatable bonds is 5. The number of carboxylic acids is 1. The number of nitrogens with one attached hydrogen (secondary N) is 2. The van der Waals surface area contributed by atoms with Crippen molar-refractivity contribution < 1.29 is 24.2 Å². The van der Waals surface area contributed by atoms with Crippen molar-refractivity contribution in [2.75, 3.05) is 0 Å². The van der Waals surface area contributed by atoms with Crippen LogP contribution in [0.1, 0.15) is 30.9 Å². The second-order valence-corrected chi connectivity index (χ2v) is 6.43. The molecule has 7 nitrogen and oxygen atoms in total. The molecule has 0 saturated carbocycles. The van der Waals surface area contributed by atoms with E-state index < -0.39 is 35.7 Å². The van der Waals surface area contributed by atoms with Gasteiger partial charge >= 0.3 is 5.97 Å². The minimum atomic E-state index is -1.02. The van der Waals surface area contributed by atoms with Gasteiger partial charge in [-0.2, -0.15) is 0 Å². The number of benzene rings is 1. The number of carboxylic acid groups (broad SMARTS) is 1. The molecule has 1 aromatic carbocycles. The van der Waals surface area contributed by atoms with Gasteiger partial charge in [0.1, 0.15) is 5.75 Å². The molecule has 7 heteroatoms. The van der Waals surface area contributed by atoms with Crippen molar-refractivity contribution in [2.24, 2.45) is 11.8 Å². The Labute approximate surface area is 152 Å². The average molecular weight is 360 g/mol. The van der Waals surface area contributed by atoms with Crippen LogP contribution in [-0.4, -0.2) is 29.0 Å². The monoisotopic (exact) mass is 360 g/mol. The van der Waals surface area contributed by atoms with Crippen LogP contribution >= 0.6 is 0 Å². The highest BCUT2D eigenvalue weighted by Crippen LogP contribution is 2.26. The second kappa shape index (κ2) is 8.51. The SMILES string of the molecule is Cc1cccc(O[C@H](C)C(=O)NNC(=O)[C@H]2CC=CC[C@@H]2C(=O)O)c1C. The summed E-state index contributed by atoms with van der Waals surface area (Å²) >= 11 is 0. The number of hydrazine groups is 1. The van der Waals surface area contributed by atoms with Crippen molar-refractivity contribution in [2.45, 2.75) is 39.7 Å². The van der Waals surface area contributed by atoms with Crippen molar-refractivity contribution in [3.8, 4) is 5.75 Å². The first kappa shape index (κ1) is 19.5. The van der Waals surface area contributed by atoms with E-state index in [2.05, 4.69) is 10.9 Å². The summed E-state index contributed by atoms with van der Waals surface area (Å²) in [4.78, 5) is 35.7. The topological polar surface area (TPSA) is 105 Å². The molecule has 1 aliphatic rings. The summed E-state index contributed by atoms with van der Waals surface area (Å²) < 4.78 is 5.66. The van der Waals surface area contributed by atoms with Gasteiger partial charge in [-0.05, 0) is 50.8 Å². The standard InChI is InChI=1S/C19H24N2O5/c1-11-7-6-10-16(12(11)2)26-13(3)17(22)20-21-18(23)14-8-4-5-9-15(14)19(24)25/h4-7,10,13-15H,8-9H2,1-3H3,(H,20,22)(H,21,23)(H,24,25)/t13-,14+,15+/m1/s1. The van der Waals surface area contributed by atoms with Crippen LogP contribution in [0.2, 0.25) is 0 Å². The highest BCUT2D eigenvalue weighted by atomic mass is 16.5. The van der Waals surface area contributed by atoms with E-state index in [1.54, 1.807) is 25.1 Å². The minimum Gasteiger partial charge on any atom is -0.481 e. The van der Waals surface area contributed by atoms with Crippen molar-refractivity contribution >= 4 is 17.8 Å². The molecule has 3 N–H and O–H groups in total. The molecule has 1 aliphatic carbocycles. The molecular formula is C19H24N2O5. The Kier molecular flexibility index (Phi) is 6.38. The Balaban J connectivity index is 1.91. The zero-order valence-corrected chi connectivity index (χ0v) is 15.1. The van der Waals surface area contributed by atoms with Gasteiger partial charge in [-0.25, -0.2) is 0 Å². The van der Waals surface area contributed by atoms with E-state index in [-0.39, 0.29) is 0 Å². The third kappa shape index (κ3) is 4.62. The minimum absolute atomic E-state index is 0.299. The Morgan fingerprint density at radius 2 is 1.77 bits per heavy atom. The Morgan fingerprint density at radius 3 is 2.42 bits per heavy atom. The summed E-state index contributed by atoms with van der Waals surface area (Å²) in [5, 5.41) is 9.21. The lowest BCUT2D eigenvalue weighted by atomic mass is 9.82. The number of ether oxygens (including phenoxy) is 1. The number of allylic oxidation sites excluding steroid dienone is 2. The maximum Gasteiger partial charge on any atom is 0.307 e. The molecule has 0 heterocycles. The van der Waals surface area contributed by atoms with E-state index in [0.29, 0.717) is 18.6 Å². The number of aliphatic carboxylic acids is 1. The lowest BCUT2D eigenvalue weighted by Gasteiger charge is -2.24. The van der Waals surface area contributed by atoms with Gasteiger partial charge in [0.15, 0.2) is 6.10 Å². The Bertz CT molecular complexity index is 729. The summed E-state index contributed by atoms with van der Waals surface area (Å²) in [6.07, 6.45) is 3.33. The van der Waals surface area contributed by atoms with Crippen LogP contribution in [0.5, 0.6) is 5.75 Å². The summed E-state index contributed by atoms with van der Waals surface area (Å²) in [5.74, 6) is -2.96. The van der Waals surface area contributed by atoms with E-state index in [9.17, 15) is 19.5 Å². The van der Waals surface area contributed by atoms with Gasteiger partial charge in [-0.15, -0.1) is 0 Å². The fourth-order valence-corrected chi connectivity index (χ4v) is 2.79. The maximum atomic E-state index is 12.2. The van der Waals surface area contributed by atoms with E-state index in [1.807, 2.05) is 26.0 Å². The van der Waals surface area contributed by atoms with Crippen LogP contribution in [0.3, 0.4) is 0 Å². The molecule has 0 bridgehead atoms. The van der Waals surface area contributed by atoms with Crippen molar-refractivity contribution in [1.82, 2.24) is 10.9 Å². The van der Waals surface area contributed by atoms with Crippen LogP contribution in [0.25, 0.3) is 0 Å². The van der Waals surface area contributed by atoms with Gasteiger partial charge in [0.05, 0.1) is 11.8 Å². The van der Waals surface area contributed by atoms with Gasteiger partial charge in [0.25, 0.3) is 5.91 Å². The van der Waals surface area contributed by atoms with Gasteiger partial charge < -0.3 is 9.84 Å². The Morgan fingerprint density at radius 1 is 1.12 bits per heavy atom. The zero-order valence-electron chi connectivity index (χ0n) is 15.1. The molecule has 0 spiro atoms. The van der Waals surface area contributed by atoms with Crippen LogP contribution in [-0.2, 0) is 14.4 Å².